The summed E-state index contributed by atoms with van der Waals surface area (Å²) in [4.78, 5) is 13.0. The first-order valence-corrected chi connectivity index (χ1v) is 6.90. The number of aliphatic hydroxyl groups is 1. The number of nitrogens with zero attached hydrogens (tertiary/aromatic N) is 1. The Bertz CT molecular complexity index is 534. The fourth-order valence-corrected chi connectivity index (χ4v) is 2.54. The number of carbonyl (C=O) groups excluding carboxylic acids is 1. The maximum Gasteiger partial charge on any atom is 0.414 e. The summed E-state index contributed by atoms with van der Waals surface area (Å²) in [5.41, 5.74) is 0.887. The van der Waals surface area contributed by atoms with Gasteiger partial charge < -0.3 is 19.9 Å². The van der Waals surface area contributed by atoms with Crippen LogP contribution in [0.25, 0.3) is 0 Å². The van der Waals surface area contributed by atoms with E-state index < -0.39 is 18.0 Å². The van der Waals surface area contributed by atoms with Crippen LogP contribution in [-0.2, 0) is 9.47 Å². The minimum atomic E-state index is -0.572. The maximum absolute atomic E-state index is 14.3. The summed E-state index contributed by atoms with van der Waals surface area (Å²) in [6, 6.07) is 4.59. The first-order chi connectivity index (χ1) is 10.2. The molecular weight excluding hydrogens is 279 g/mol. The molecule has 2 saturated heterocycles. The van der Waals surface area contributed by atoms with Gasteiger partial charge in [0.1, 0.15) is 11.9 Å². The van der Waals surface area contributed by atoms with Gasteiger partial charge in [-0.2, -0.15) is 0 Å². The van der Waals surface area contributed by atoms with E-state index in [9.17, 15) is 9.18 Å². The van der Waals surface area contributed by atoms with Crippen molar-refractivity contribution in [2.24, 2.45) is 0 Å². The molecule has 2 aliphatic rings. The predicted octanol–water partition coefficient (Wildman–Crippen LogP) is 0.804. The van der Waals surface area contributed by atoms with Crippen molar-refractivity contribution >= 4 is 11.8 Å². The molecule has 0 aliphatic carbocycles. The zero-order chi connectivity index (χ0) is 14.8. The lowest BCUT2D eigenvalue weighted by molar-refractivity contribution is 0.0255. The van der Waals surface area contributed by atoms with Crippen molar-refractivity contribution < 1.29 is 23.8 Å². The molecule has 0 radical (unpaired) electrons. The lowest BCUT2D eigenvalue weighted by Crippen LogP contribution is -2.33. The fraction of sp³-hybridized carbons (Fsp3) is 0.500. The molecule has 0 aromatic heterocycles. The molecular formula is C14H17FN2O4. The maximum atomic E-state index is 14.3. The molecule has 7 heteroatoms. The number of cyclic esters (lactones) is 1. The van der Waals surface area contributed by atoms with Gasteiger partial charge >= 0.3 is 6.09 Å². The van der Waals surface area contributed by atoms with Crippen molar-refractivity contribution in [2.45, 2.75) is 12.2 Å². The van der Waals surface area contributed by atoms with E-state index in [-0.39, 0.29) is 19.3 Å². The lowest BCUT2D eigenvalue weighted by atomic mass is 10.1. The quantitative estimate of drug-likeness (QED) is 0.863. The number of hydrogen-bond acceptors (Lipinski definition) is 5. The van der Waals surface area contributed by atoms with Gasteiger partial charge in [0.25, 0.3) is 0 Å². The molecule has 2 heterocycles. The molecule has 0 saturated carbocycles. The Morgan fingerprint density at radius 3 is 2.95 bits per heavy atom. The molecule has 2 aliphatic heterocycles. The van der Waals surface area contributed by atoms with E-state index in [0.717, 1.165) is 6.54 Å². The molecule has 3 rings (SSSR count). The van der Waals surface area contributed by atoms with Crippen LogP contribution in [0.4, 0.5) is 14.9 Å². The highest BCUT2D eigenvalue weighted by Gasteiger charge is 2.32. The van der Waals surface area contributed by atoms with Crippen LogP contribution < -0.4 is 10.2 Å². The van der Waals surface area contributed by atoms with Gasteiger partial charge in [0, 0.05) is 18.7 Å². The Kier molecular flexibility index (Phi) is 4.05. The van der Waals surface area contributed by atoms with E-state index in [1.165, 1.54) is 11.0 Å². The zero-order valence-electron chi connectivity index (χ0n) is 11.4. The number of morpholine rings is 1. The average molecular weight is 296 g/mol. The summed E-state index contributed by atoms with van der Waals surface area (Å²) in [5.74, 6) is -0.415. The Morgan fingerprint density at radius 1 is 1.48 bits per heavy atom. The highest BCUT2D eigenvalue weighted by atomic mass is 19.1. The topological polar surface area (TPSA) is 71.0 Å². The predicted molar refractivity (Wildman–Crippen MR) is 72.7 cm³/mol. The largest absolute Gasteiger partial charge is 0.441 e. The van der Waals surface area contributed by atoms with E-state index in [4.69, 9.17) is 14.6 Å². The van der Waals surface area contributed by atoms with Crippen LogP contribution in [0, 0.1) is 5.82 Å². The normalized spacial score (nSPS) is 26.0. The molecule has 2 N–H and O–H groups in total. The van der Waals surface area contributed by atoms with E-state index >= 15 is 0 Å². The van der Waals surface area contributed by atoms with Gasteiger partial charge in [0.2, 0.25) is 0 Å². The van der Waals surface area contributed by atoms with Crippen molar-refractivity contribution in [3.8, 4) is 0 Å². The third-order valence-electron chi connectivity index (χ3n) is 3.65. The zero-order valence-corrected chi connectivity index (χ0v) is 11.4. The van der Waals surface area contributed by atoms with Crippen molar-refractivity contribution in [1.82, 2.24) is 5.32 Å². The minimum absolute atomic E-state index is 0.218. The molecule has 1 aromatic rings. The number of amides is 1. The van der Waals surface area contributed by atoms with Gasteiger partial charge in [0.15, 0.2) is 0 Å². The molecule has 0 bridgehead atoms. The number of hydrogen-bond donors (Lipinski definition) is 2. The number of halogens is 1. The molecule has 1 unspecified atom stereocenters. The number of aliphatic hydroxyl groups excluding tert-OH is 1. The smallest absolute Gasteiger partial charge is 0.414 e. The van der Waals surface area contributed by atoms with Gasteiger partial charge in [0.05, 0.1) is 31.5 Å². The molecule has 0 spiro atoms. The lowest BCUT2D eigenvalue weighted by Gasteiger charge is -2.25. The van der Waals surface area contributed by atoms with Gasteiger partial charge in [-0.3, -0.25) is 4.90 Å². The first kappa shape index (κ1) is 14.2. The third-order valence-corrected chi connectivity index (χ3v) is 3.65. The van der Waals surface area contributed by atoms with Crippen LogP contribution in [0.2, 0.25) is 0 Å². The van der Waals surface area contributed by atoms with Gasteiger partial charge in [-0.05, 0) is 12.1 Å². The number of ether oxygens (including phenoxy) is 2. The summed E-state index contributed by atoms with van der Waals surface area (Å²) in [5, 5.41) is 12.2. The summed E-state index contributed by atoms with van der Waals surface area (Å²) < 4.78 is 24.7. The second kappa shape index (κ2) is 5.97. The summed E-state index contributed by atoms with van der Waals surface area (Å²) in [6.07, 6.45) is -1.45. The van der Waals surface area contributed by atoms with Crippen molar-refractivity contribution in [3.63, 3.8) is 0 Å². The van der Waals surface area contributed by atoms with Crippen LogP contribution >= 0.6 is 0 Å². The molecule has 2 atom stereocenters. The fourth-order valence-electron chi connectivity index (χ4n) is 2.54. The van der Waals surface area contributed by atoms with Crippen molar-refractivity contribution in [1.29, 1.82) is 0 Å². The first-order valence-electron chi connectivity index (χ1n) is 6.90. The number of nitrogens with one attached hydrogen (secondary N) is 1. The summed E-state index contributed by atoms with van der Waals surface area (Å²) in [6.45, 7) is 1.84. The molecule has 21 heavy (non-hydrogen) atoms. The van der Waals surface area contributed by atoms with Crippen LogP contribution in [0.3, 0.4) is 0 Å². The number of carbonyl (C=O) groups is 1. The van der Waals surface area contributed by atoms with Crippen LogP contribution in [0.1, 0.15) is 11.7 Å². The standard InChI is InChI=1S/C14H17FN2O4/c15-12-5-9(17-7-10(8-18)21-14(17)19)1-2-11(12)13-6-16-3-4-20-13/h1-2,5,10,13,16,18H,3-4,6-8H2/t10-,13?/m1/s1. The minimum Gasteiger partial charge on any atom is -0.441 e. The van der Waals surface area contributed by atoms with Gasteiger partial charge in [-0.25, -0.2) is 9.18 Å². The van der Waals surface area contributed by atoms with Crippen molar-refractivity contribution in [2.75, 3.05) is 37.7 Å². The third kappa shape index (κ3) is 2.85. The Balaban J connectivity index is 1.79. The SMILES string of the molecule is O=C1O[C@@H](CO)CN1c1ccc(C2CNCCO2)c(F)c1. The monoisotopic (exact) mass is 296 g/mol. The highest BCUT2D eigenvalue weighted by Crippen LogP contribution is 2.28. The molecule has 114 valence electrons. The average Bonchev–Trinajstić information content (AvgIpc) is 2.89. The molecule has 1 amide bonds. The Hall–Kier alpha value is -1.70. The van der Waals surface area contributed by atoms with E-state index in [0.29, 0.717) is 24.4 Å². The van der Waals surface area contributed by atoms with E-state index in [1.54, 1.807) is 12.1 Å². The summed E-state index contributed by atoms with van der Waals surface area (Å²) >= 11 is 0. The second-order valence-corrected chi connectivity index (χ2v) is 5.07. The van der Waals surface area contributed by atoms with Crippen LogP contribution in [0.5, 0.6) is 0 Å². The van der Waals surface area contributed by atoms with Crippen LogP contribution in [-0.4, -0.2) is 50.2 Å². The van der Waals surface area contributed by atoms with Gasteiger partial charge in [-0.1, -0.05) is 6.07 Å². The molecule has 2 fully saturated rings. The van der Waals surface area contributed by atoms with Crippen LogP contribution in [0.15, 0.2) is 18.2 Å². The number of rotatable bonds is 3. The second-order valence-electron chi connectivity index (χ2n) is 5.07. The Morgan fingerprint density at radius 2 is 2.33 bits per heavy atom. The number of benzene rings is 1. The van der Waals surface area contributed by atoms with Crippen molar-refractivity contribution in [3.05, 3.63) is 29.6 Å². The number of anilines is 1. The molecule has 6 nitrogen and oxygen atoms in total. The van der Waals surface area contributed by atoms with E-state index in [2.05, 4.69) is 5.32 Å². The van der Waals surface area contributed by atoms with Gasteiger partial charge in [-0.15, -0.1) is 0 Å². The molecule has 1 aromatic carbocycles. The Labute approximate surface area is 121 Å². The highest BCUT2D eigenvalue weighted by molar-refractivity contribution is 5.89. The summed E-state index contributed by atoms with van der Waals surface area (Å²) in [7, 11) is 0. The van der Waals surface area contributed by atoms with E-state index in [1.807, 2.05) is 0 Å².